The van der Waals surface area contributed by atoms with Crippen molar-refractivity contribution in [2.24, 2.45) is 0 Å². The minimum Gasteiger partial charge on any atom is -0.481 e. The van der Waals surface area contributed by atoms with E-state index < -0.39 is 42.1 Å². The minimum absolute atomic E-state index is 0.00156. The molecule has 2 fully saturated rings. The molecule has 0 aliphatic carbocycles. The molecule has 0 spiro atoms. The smallest absolute Gasteiger partial charge is 0.416 e. The summed E-state index contributed by atoms with van der Waals surface area (Å²) in [6.07, 6.45) is -1.72. The summed E-state index contributed by atoms with van der Waals surface area (Å²) in [6.45, 7) is 3.34. The first-order valence-corrected chi connectivity index (χ1v) is 15.4. The lowest BCUT2D eigenvalue weighted by molar-refractivity contribution is -0.138. The zero-order valence-corrected chi connectivity index (χ0v) is 25.3. The number of carboxylic acids is 1. The van der Waals surface area contributed by atoms with Crippen LogP contribution in [0, 0.1) is 11.6 Å². The Bertz CT molecular complexity index is 1510. The largest absolute Gasteiger partial charge is 0.481 e. The van der Waals surface area contributed by atoms with E-state index in [1.807, 2.05) is 0 Å². The van der Waals surface area contributed by atoms with Gasteiger partial charge in [0.05, 0.1) is 30.3 Å². The van der Waals surface area contributed by atoms with E-state index in [9.17, 15) is 26.7 Å². The summed E-state index contributed by atoms with van der Waals surface area (Å²) >= 11 is 1.20. The van der Waals surface area contributed by atoms with E-state index in [1.54, 1.807) is 9.80 Å². The quantitative estimate of drug-likeness (QED) is 0.262. The number of carboxylic acid groups (broad SMARTS) is 1. The van der Waals surface area contributed by atoms with E-state index in [-0.39, 0.29) is 54.9 Å². The Hall–Kier alpha value is -3.50. The number of halogens is 6. The second kappa shape index (κ2) is 13.9. The summed E-state index contributed by atoms with van der Waals surface area (Å²) in [6, 6.07) is 1.98. The molecule has 244 valence electrons. The summed E-state index contributed by atoms with van der Waals surface area (Å²) in [5, 5.41) is 12.3. The van der Waals surface area contributed by atoms with Crippen molar-refractivity contribution < 1.29 is 36.2 Å². The van der Waals surface area contributed by atoms with Crippen LogP contribution in [0.5, 0.6) is 0 Å². The molecule has 45 heavy (non-hydrogen) atoms. The zero-order chi connectivity index (χ0) is 32.3. The first kappa shape index (κ1) is 32.9. The maximum Gasteiger partial charge on any atom is 0.416 e. The highest BCUT2D eigenvalue weighted by Crippen LogP contribution is 2.38. The molecule has 0 bridgehead atoms. The number of rotatable bonds is 11. The molecular formula is C29H33F6N7O2S. The van der Waals surface area contributed by atoms with Crippen LogP contribution in [0.4, 0.5) is 37.3 Å². The van der Waals surface area contributed by atoms with Gasteiger partial charge < -0.3 is 15.3 Å². The molecule has 2 N–H and O–H groups in total. The average molecular weight is 658 g/mol. The molecule has 2 saturated heterocycles. The lowest BCUT2D eigenvalue weighted by Crippen LogP contribution is -2.55. The highest BCUT2D eigenvalue weighted by Gasteiger charge is 2.33. The Morgan fingerprint density at radius 1 is 1.13 bits per heavy atom. The maximum absolute atomic E-state index is 15.6. The third kappa shape index (κ3) is 7.84. The second-order valence-electron chi connectivity index (χ2n) is 11.2. The van der Waals surface area contributed by atoms with E-state index in [0.29, 0.717) is 35.7 Å². The molecule has 2 aliphatic rings. The predicted molar refractivity (Wildman–Crippen MR) is 157 cm³/mol. The number of nitrogens with zero attached hydrogens (tertiary/aromatic N) is 6. The Kier molecular flexibility index (Phi) is 10.1. The van der Waals surface area contributed by atoms with Crippen LogP contribution in [0.15, 0.2) is 24.5 Å². The van der Waals surface area contributed by atoms with Crippen molar-refractivity contribution in [1.29, 1.82) is 0 Å². The average Bonchev–Trinajstić information content (AvgIpc) is 3.60. The van der Waals surface area contributed by atoms with Crippen molar-refractivity contribution in [1.82, 2.24) is 24.8 Å². The number of alkyl halides is 4. The maximum atomic E-state index is 15.6. The van der Waals surface area contributed by atoms with Crippen molar-refractivity contribution in [2.45, 2.75) is 57.5 Å². The van der Waals surface area contributed by atoms with Crippen molar-refractivity contribution in [3.8, 4) is 11.3 Å². The number of likely N-dealkylation sites (tertiary alicyclic amines) is 1. The number of nitrogens with one attached hydrogen (secondary N) is 1. The van der Waals surface area contributed by atoms with Crippen LogP contribution in [0.1, 0.15) is 42.3 Å². The third-order valence-electron chi connectivity index (χ3n) is 8.18. The number of benzene rings is 1. The molecule has 1 aromatic carbocycles. The molecule has 5 rings (SSSR count). The number of aliphatic carboxylic acids is 1. The lowest BCUT2D eigenvalue weighted by atomic mass is 10.1. The monoisotopic (exact) mass is 657 g/mol. The summed E-state index contributed by atoms with van der Waals surface area (Å²) in [7, 11) is 0. The molecule has 2 atom stereocenters. The van der Waals surface area contributed by atoms with Gasteiger partial charge in [0.1, 0.15) is 24.5 Å². The van der Waals surface area contributed by atoms with E-state index >= 15 is 4.39 Å². The third-order valence-corrected chi connectivity index (χ3v) is 9.18. The fraction of sp³-hybridized carbons (Fsp3) is 0.517. The number of hydrogen-bond acceptors (Lipinski definition) is 9. The number of carbonyl (C=O) groups is 1. The number of piperazine rings is 1. The summed E-state index contributed by atoms with van der Waals surface area (Å²) in [5.41, 5.74) is -0.905. The van der Waals surface area contributed by atoms with Gasteiger partial charge in [-0.1, -0.05) is 0 Å². The van der Waals surface area contributed by atoms with Gasteiger partial charge in [0.15, 0.2) is 16.8 Å². The summed E-state index contributed by atoms with van der Waals surface area (Å²) in [5.74, 6) is -2.75. The van der Waals surface area contributed by atoms with Crippen LogP contribution in [0.25, 0.3) is 11.3 Å². The fourth-order valence-corrected chi connectivity index (χ4v) is 6.73. The summed E-state index contributed by atoms with van der Waals surface area (Å²) in [4.78, 5) is 29.7. The highest BCUT2D eigenvalue weighted by molar-refractivity contribution is 7.16. The molecule has 4 heterocycles. The SMILES string of the molecule is C[C@@H]1CCCN1Cc1sc(NCc2ncnc(N3CCN(CCC(=O)O)C(CF)C3)c2F)nc1-c1cc(F)cc(C(F)(F)F)c1. The zero-order valence-electron chi connectivity index (χ0n) is 24.5. The van der Waals surface area contributed by atoms with Crippen molar-refractivity contribution in [3.05, 3.63) is 52.3 Å². The first-order chi connectivity index (χ1) is 21.4. The van der Waals surface area contributed by atoms with Crippen LogP contribution in [-0.2, 0) is 24.1 Å². The molecule has 0 amide bonds. The van der Waals surface area contributed by atoms with E-state index in [2.05, 4.69) is 32.1 Å². The molecule has 9 nitrogen and oxygen atoms in total. The van der Waals surface area contributed by atoms with Crippen LogP contribution in [-0.4, -0.2) is 87.3 Å². The van der Waals surface area contributed by atoms with Gasteiger partial charge in [-0.3, -0.25) is 14.6 Å². The predicted octanol–water partition coefficient (Wildman–Crippen LogP) is 5.43. The molecule has 16 heteroatoms. The number of thiazole rings is 1. The molecular weight excluding hydrogens is 624 g/mol. The molecule has 3 aromatic rings. The van der Waals surface area contributed by atoms with E-state index in [4.69, 9.17) is 5.11 Å². The van der Waals surface area contributed by atoms with Crippen LogP contribution in [0.2, 0.25) is 0 Å². The van der Waals surface area contributed by atoms with E-state index in [0.717, 1.165) is 31.5 Å². The van der Waals surface area contributed by atoms with Crippen molar-refractivity contribution in [3.63, 3.8) is 0 Å². The highest BCUT2D eigenvalue weighted by atomic mass is 32.1. The lowest BCUT2D eigenvalue weighted by Gasteiger charge is -2.40. The molecule has 1 unspecified atom stereocenters. The van der Waals surface area contributed by atoms with Crippen molar-refractivity contribution in [2.75, 3.05) is 49.6 Å². The fourth-order valence-electron chi connectivity index (χ4n) is 5.73. The molecule has 0 saturated carbocycles. The number of hydrogen-bond donors (Lipinski definition) is 2. The van der Waals surface area contributed by atoms with Gasteiger partial charge in [-0.2, -0.15) is 13.2 Å². The summed E-state index contributed by atoms with van der Waals surface area (Å²) < 4.78 is 84.2. The number of aromatic nitrogens is 3. The van der Waals surface area contributed by atoms with E-state index in [1.165, 1.54) is 17.7 Å². The van der Waals surface area contributed by atoms with Gasteiger partial charge >= 0.3 is 12.1 Å². The molecule has 0 radical (unpaired) electrons. The number of anilines is 2. The van der Waals surface area contributed by atoms with Gasteiger partial charge in [-0.05, 0) is 44.5 Å². The van der Waals surface area contributed by atoms with Gasteiger partial charge in [0.2, 0.25) is 0 Å². The standard InChI is InChI=1S/C29H33F6N7O2S/c1-17-3-2-5-41(17)15-23-26(18-9-19(29(33,34)35)11-20(31)10-18)39-28(45-23)36-13-22-25(32)27(38-16-37-22)42-8-7-40(6-4-24(43)44)21(12-30)14-42/h9-11,16-17,21H,2-8,12-15H2,1H3,(H,36,39)(H,43,44)/t17-,21?/m1/s1. The Morgan fingerprint density at radius 3 is 2.62 bits per heavy atom. The van der Waals surface area contributed by atoms with Crippen LogP contribution >= 0.6 is 11.3 Å². The first-order valence-electron chi connectivity index (χ1n) is 14.5. The molecule has 2 aromatic heterocycles. The van der Waals surface area contributed by atoms with Crippen LogP contribution in [0.3, 0.4) is 0 Å². The Morgan fingerprint density at radius 2 is 1.93 bits per heavy atom. The second-order valence-corrected chi connectivity index (χ2v) is 12.3. The molecule has 2 aliphatic heterocycles. The Labute approximate surface area is 259 Å². The van der Waals surface area contributed by atoms with Gasteiger partial charge in [0.25, 0.3) is 0 Å². The van der Waals surface area contributed by atoms with Crippen molar-refractivity contribution >= 4 is 28.3 Å². The van der Waals surface area contributed by atoms with Gasteiger partial charge in [-0.25, -0.2) is 28.1 Å². The Balaban J connectivity index is 1.36. The topological polar surface area (TPSA) is 97.7 Å². The van der Waals surface area contributed by atoms with Crippen LogP contribution < -0.4 is 10.2 Å². The normalized spacial score (nSPS) is 19.8. The minimum atomic E-state index is -4.74. The van der Waals surface area contributed by atoms with Gasteiger partial charge in [-0.15, -0.1) is 11.3 Å². The van der Waals surface area contributed by atoms with Gasteiger partial charge in [0, 0.05) is 49.2 Å².